The number of aromatic nitrogens is 1. The summed E-state index contributed by atoms with van der Waals surface area (Å²) in [4.78, 5) is 17.5. The van der Waals surface area contributed by atoms with E-state index in [1.165, 1.54) is 5.56 Å². The SMILES string of the molecule is CCc1ccc(-c2ccccc2C(=O)Nc2ccc3ccccc3n2)cc1. The van der Waals surface area contributed by atoms with E-state index in [2.05, 4.69) is 41.5 Å². The molecule has 0 saturated heterocycles. The number of amides is 1. The molecule has 0 aliphatic rings. The Bertz CT molecular complexity index is 1100. The first-order chi connectivity index (χ1) is 13.2. The van der Waals surface area contributed by atoms with Crippen LogP contribution in [0.5, 0.6) is 0 Å². The molecule has 3 nitrogen and oxygen atoms in total. The molecule has 4 aromatic rings. The van der Waals surface area contributed by atoms with Crippen molar-refractivity contribution in [3.05, 3.63) is 96.1 Å². The molecule has 27 heavy (non-hydrogen) atoms. The number of carbonyl (C=O) groups is 1. The Labute approximate surface area is 158 Å². The number of hydrogen-bond acceptors (Lipinski definition) is 2. The zero-order chi connectivity index (χ0) is 18.6. The van der Waals surface area contributed by atoms with Crippen LogP contribution in [0.3, 0.4) is 0 Å². The maximum Gasteiger partial charge on any atom is 0.257 e. The minimum Gasteiger partial charge on any atom is -0.307 e. The number of pyridine rings is 1. The molecular weight excluding hydrogens is 332 g/mol. The van der Waals surface area contributed by atoms with Crippen LogP contribution in [0.15, 0.2) is 84.9 Å². The molecule has 1 N–H and O–H groups in total. The predicted molar refractivity (Wildman–Crippen MR) is 111 cm³/mol. The summed E-state index contributed by atoms with van der Waals surface area (Å²) in [5, 5.41) is 3.98. The number of hydrogen-bond donors (Lipinski definition) is 1. The lowest BCUT2D eigenvalue weighted by Crippen LogP contribution is -2.14. The molecule has 132 valence electrons. The van der Waals surface area contributed by atoms with E-state index in [1.54, 1.807) is 0 Å². The van der Waals surface area contributed by atoms with Crippen LogP contribution in [-0.4, -0.2) is 10.9 Å². The second-order valence-electron chi connectivity index (χ2n) is 6.44. The molecule has 1 amide bonds. The number of benzene rings is 3. The zero-order valence-electron chi connectivity index (χ0n) is 15.1. The average Bonchev–Trinajstić information content (AvgIpc) is 2.73. The van der Waals surface area contributed by atoms with Crippen LogP contribution in [0, 0.1) is 0 Å². The molecule has 0 saturated carbocycles. The van der Waals surface area contributed by atoms with Gasteiger partial charge < -0.3 is 5.32 Å². The summed E-state index contributed by atoms with van der Waals surface area (Å²) in [6.45, 7) is 2.13. The van der Waals surface area contributed by atoms with Gasteiger partial charge in [-0.15, -0.1) is 0 Å². The van der Waals surface area contributed by atoms with E-state index in [1.807, 2.05) is 60.7 Å². The fourth-order valence-electron chi connectivity index (χ4n) is 3.17. The highest BCUT2D eigenvalue weighted by Crippen LogP contribution is 2.25. The Balaban J connectivity index is 1.65. The van der Waals surface area contributed by atoms with Crippen LogP contribution in [0.4, 0.5) is 5.82 Å². The molecule has 0 aliphatic heterocycles. The summed E-state index contributed by atoms with van der Waals surface area (Å²) >= 11 is 0. The van der Waals surface area contributed by atoms with Gasteiger partial charge in [0.05, 0.1) is 5.52 Å². The molecule has 0 radical (unpaired) electrons. The number of nitrogens with zero attached hydrogens (tertiary/aromatic N) is 1. The van der Waals surface area contributed by atoms with Crippen molar-refractivity contribution in [2.24, 2.45) is 0 Å². The normalized spacial score (nSPS) is 10.7. The molecule has 0 unspecified atom stereocenters. The quantitative estimate of drug-likeness (QED) is 0.510. The molecule has 4 rings (SSSR count). The number of fused-ring (bicyclic) bond motifs is 1. The number of nitrogens with one attached hydrogen (secondary N) is 1. The summed E-state index contributed by atoms with van der Waals surface area (Å²) in [5.74, 6) is 0.391. The van der Waals surface area contributed by atoms with Crippen molar-refractivity contribution in [3.63, 3.8) is 0 Å². The number of aryl methyl sites for hydroxylation is 1. The second-order valence-corrected chi connectivity index (χ2v) is 6.44. The minimum atomic E-state index is -0.159. The van der Waals surface area contributed by atoms with E-state index in [-0.39, 0.29) is 5.91 Å². The molecule has 0 spiro atoms. The summed E-state index contributed by atoms with van der Waals surface area (Å²) in [7, 11) is 0. The van der Waals surface area contributed by atoms with E-state index >= 15 is 0 Å². The molecule has 0 aliphatic carbocycles. The second kappa shape index (κ2) is 7.42. The fourth-order valence-corrected chi connectivity index (χ4v) is 3.17. The van der Waals surface area contributed by atoms with E-state index in [9.17, 15) is 4.79 Å². The van der Waals surface area contributed by atoms with Gasteiger partial charge in [0, 0.05) is 10.9 Å². The third kappa shape index (κ3) is 3.58. The highest BCUT2D eigenvalue weighted by molar-refractivity contribution is 6.08. The van der Waals surface area contributed by atoms with Crippen molar-refractivity contribution in [1.29, 1.82) is 0 Å². The van der Waals surface area contributed by atoms with Gasteiger partial charge in [0.15, 0.2) is 0 Å². The summed E-state index contributed by atoms with van der Waals surface area (Å²) in [6, 6.07) is 27.7. The maximum absolute atomic E-state index is 12.9. The van der Waals surface area contributed by atoms with Gasteiger partial charge in [-0.05, 0) is 47.4 Å². The van der Waals surface area contributed by atoms with Gasteiger partial charge in [0.2, 0.25) is 0 Å². The third-order valence-corrected chi connectivity index (χ3v) is 4.68. The first-order valence-corrected chi connectivity index (χ1v) is 9.10. The van der Waals surface area contributed by atoms with Crippen molar-refractivity contribution in [1.82, 2.24) is 4.98 Å². The van der Waals surface area contributed by atoms with E-state index in [0.29, 0.717) is 11.4 Å². The van der Waals surface area contributed by atoms with Crippen LogP contribution in [0.25, 0.3) is 22.0 Å². The fraction of sp³-hybridized carbons (Fsp3) is 0.0833. The van der Waals surface area contributed by atoms with E-state index < -0.39 is 0 Å². The van der Waals surface area contributed by atoms with Gasteiger partial charge in [-0.25, -0.2) is 4.98 Å². The molecule has 1 heterocycles. The first kappa shape index (κ1) is 17.0. The monoisotopic (exact) mass is 352 g/mol. The van der Waals surface area contributed by atoms with Crippen molar-refractivity contribution in [2.75, 3.05) is 5.32 Å². The number of rotatable bonds is 4. The lowest BCUT2D eigenvalue weighted by Gasteiger charge is -2.11. The molecule has 1 aromatic heterocycles. The lowest BCUT2D eigenvalue weighted by molar-refractivity contribution is 0.102. The number of anilines is 1. The highest BCUT2D eigenvalue weighted by atomic mass is 16.1. The van der Waals surface area contributed by atoms with Crippen molar-refractivity contribution in [2.45, 2.75) is 13.3 Å². The van der Waals surface area contributed by atoms with E-state index in [0.717, 1.165) is 28.5 Å². The largest absolute Gasteiger partial charge is 0.307 e. The van der Waals surface area contributed by atoms with Crippen LogP contribution in [0.2, 0.25) is 0 Å². The summed E-state index contributed by atoms with van der Waals surface area (Å²) in [6.07, 6.45) is 0.996. The highest BCUT2D eigenvalue weighted by Gasteiger charge is 2.13. The summed E-state index contributed by atoms with van der Waals surface area (Å²) in [5.41, 5.74) is 4.72. The topological polar surface area (TPSA) is 42.0 Å². The predicted octanol–water partition coefficient (Wildman–Crippen LogP) is 5.72. The van der Waals surface area contributed by atoms with Crippen molar-refractivity contribution >= 4 is 22.6 Å². The smallest absolute Gasteiger partial charge is 0.257 e. The Morgan fingerprint density at radius 1 is 0.852 bits per heavy atom. The standard InChI is InChI=1S/C24H20N2O/c1-2-17-11-13-18(14-12-17)20-8-4-5-9-21(20)24(27)26-23-16-15-19-7-3-6-10-22(19)25-23/h3-16H,2H2,1H3,(H,25,26,27). The Morgan fingerprint density at radius 2 is 1.59 bits per heavy atom. The Kier molecular flexibility index (Phi) is 4.67. The number of para-hydroxylation sites is 1. The molecular formula is C24H20N2O. The Morgan fingerprint density at radius 3 is 2.41 bits per heavy atom. The van der Waals surface area contributed by atoms with Gasteiger partial charge in [0.25, 0.3) is 5.91 Å². The van der Waals surface area contributed by atoms with Crippen LogP contribution >= 0.6 is 0 Å². The van der Waals surface area contributed by atoms with Crippen molar-refractivity contribution < 1.29 is 4.79 Å². The Hall–Kier alpha value is -3.46. The lowest BCUT2D eigenvalue weighted by atomic mass is 9.98. The van der Waals surface area contributed by atoms with Crippen LogP contribution in [0.1, 0.15) is 22.8 Å². The summed E-state index contributed by atoms with van der Waals surface area (Å²) < 4.78 is 0. The average molecular weight is 352 g/mol. The van der Waals surface area contributed by atoms with Gasteiger partial charge in [0.1, 0.15) is 5.82 Å². The van der Waals surface area contributed by atoms with Crippen LogP contribution in [-0.2, 0) is 6.42 Å². The van der Waals surface area contributed by atoms with Crippen LogP contribution < -0.4 is 5.32 Å². The molecule has 0 atom stereocenters. The molecule has 3 aromatic carbocycles. The zero-order valence-corrected chi connectivity index (χ0v) is 15.1. The van der Waals surface area contributed by atoms with Gasteiger partial charge in [-0.2, -0.15) is 0 Å². The molecule has 0 fully saturated rings. The van der Waals surface area contributed by atoms with E-state index in [4.69, 9.17) is 0 Å². The van der Waals surface area contributed by atoms with Gasteiger partial charge in [-0.3, -0.25) is 4.79 Å². The molecule has 3 heteroatoms. The molecule has 0 bridgehead atoms. The van der Waals surface area contributed by atoms with Gasteiger partial charge >= 0.3 is 0 Å². The maximum atomic E-state index is 12.9. The van der Waals surface area contributed by atoms with Crippen molar-refractivity contribution in [3.8, 4) is 11.1 Å². The first-order valence-electron chi connectivity index (χ1n) is 9.10. The minimum absolute atomic E-state index is 0.159. The number of carbonyl (C=O) groups excluding carboxylic acids is 1. The van der Waals surface area contributed by atoms with Gasteiger partial charge in [-0.1, -0.05) is 67.6 Å². The third-order valence-electron chi connectivity index (χ3n) is 4.68.